The molecular formula is C17H18N4O2S2. The fourth-order valence-corrected chi connectivity index (χ4v) is 4.73. The van der Waals surface area contributed by atoms with Crippen LogP contribution in [0.25, 0.3) is 10.2 Å². The van der Waals surface area contributed by atoms with Gasteiger partial charge < -0.3 is 4.90 Å². The highest BCUT2D eigenvalue weighted by Gasteiger charge is 2.25. The van der Waals surface area contributed by atoms with Gasteiger partial charge in [-0.3, -0.25) is 0 Å². The van der Waals surface area contributed by atoms with E-state index < -0.39 is 10.0 Å². The van der Waals surface area contributed by atoms with Gasteiger partial charge >= 0.3 is 0 Å². The Labute approximate surface area is 150 Å². The van der Waals surface area contributed by atoms with Crippen LogP contribution in [0.3, 0.4) is 0 Å². The Bertz CT molecular complexity index is 966. The average molecular weight is 374 g/mol. The SMILES string of the molecule is NS(=O)(=O)c1ccc(N2CCC[C@@H](c3nc4ccccc4s3)C2)nc1. The maximum Gasteiger partial charge on any atom is 0.239 e. The van der Waals surface area contributed by atoms with Crippen LogP contribution < -0.4 is 10.0 Å². The van der Waals surface area contributed by atoms with Crippen molar-refractivity contribution in [1.29, 1.82) is 0 Å². The lowest BCUT2D eigenvalue weighted by molar-refractivity contribution is 0.506. The number of primary sulfonamides is 1. The van der Waals surface area contributed by atoms with E-state index in [1.165, 1.54) is 17.0 Å². The third-order valence-electron chi connectivity index (χ3n) is 4.45. The average Bonchev–Trinajstić information content (AvgIpc) is 3.05. The third kappa shape index (κ3) is 3.37. The molecule has 0 bridgehead atoms. The quantitative estimate of drug-likeness (QED) is 0.761. The van der Waals surface area contributed by atoms with Gasteiger partial charge in [0.15, 0.2) is 0 Å². The molecule has 1 fully saturated rings. The number of benzene rings is 1. The van der Waals surface area contributed by atoms with Crippen LogP contribution in [0.1, 0.15) is 23.8 Å². The number of sulfonamides is 1. The zero-order valence-corrected chi connectivity index (χ0v) is 15.1. The molecule has 2 aromatic heterocycles. The van der Waals surface area contributed by atoms with E-state index in [9.17, 15) is 8.42 Å². The fourth-order valence-electron chi connectivity index (χ4n) is 3.18. The normalized spacial score (nSPS) is 18.6. The molecule has 0 unspecified atom stereocenters. The van der Waals surface area contributed by atoms with E-state index in [0.717, 1.165) is 42.3 Å². The van der Waals surface area contributed by atoms with Crippen LogP contribution in [0.4, 0.5) is 5.82 Å². The first-order chi connectivity index (χ1) is 12.0. The summed E-state index contributed by atoms with van der Waals surface area (Å²) in [4.78, 5) is 11.3. The van der Waals surface area contributed by atoms with Crippen LogP contribution in [0.5, 0.6) is 0 Å². The number of piperidine rings is 1. The molecule has 0 aliphatic carbocycles. The Morgan fingerprint density at radius 2 is 2.04 bits per heavy atom. The van der Waals surface area contributed by atoms with Gasteiger partial charge in [0.05, 0.1) is 15.2 Å². The van der Waals surface area contributed by atoms with Gasteiger partial charge in [0.2, 0.25) is 10.0 Å². The summed E-state index contributed by atoms with van der Waals surface area (Å²) in [7, 11) is -3.71. The van der Waals surface area contributed by atoms with Crippen molar-refractivity contribution in [2.24, 2.45) is 5.14 Å². The number of hydrogen-bond acceptors (Lipinski definition) is 6. The highest BCUT2D eigenvalue weighted by molar-refractivity contribution is 7.89. The summed E-state index contributed by atoms with van der Waals surface area (Å²) in [6.07, 6.45) is 3.48. The minimum absolute atomic E-state index is 0.0379. The van der Waals surface area contributed by atoms with Crippen molar-refractivity contribution in [3.05, 3.63) is 47.6 Å². The number of pyridine rings is 1. The molecule has 1 atom stereocenters. The molecule has 2 N–H and O–H groups in total. The van der Waals surface area contributed by atoms with Crippen LogP contribution in [0, 0.1) is 0 Å². The van der Waals surface area contributed by atoms with Gasteiger partial charge in [-0.1, -0.05) is 12.1 Å². The first kappa shape index (κ1) is 16.4. The molecule has 3 aromatic rings. The molecule has 1 aliphatic rings. The largest absolute Gasteiger partial charge is 0.356 e. The van der Waals surface area contributed by atoms with E-state index in [1.54, 1.807) is 17.4 Å². The maximum atomic E-state index is 11.4. The van der Waals surface area contributed by atoms with Gasteiger partial charge in [-0.25, -0.2) is 23.5 Å². The summed E-state index contributed by atoms with van der Waals surface area (Å²) in [6, 6.07) is 11.4. The number of nitrogens with zero attached hydrogens (tertiary/aromatic N) is 3. The van der Waals surface area contributed by atoms with Gasteiger partial charge in [0.1, 0.15) is 10.7 Å². The highest BCUT2D eigenvalue weighted by atomic mass is 32.2. The smallest absolute Gasteiger partial charge is 0.239 e. The predicted octanol–water partition coefficient (Wildman–Crippen LogP) is 2.72. The van der Waals surface area contributed by atoms with Crippen molar-refractivity contribution in [3.63, 3.8) is 0 Å². The molecule has 4 rings (SSSR count). The summed E-state index contributed by atoms with van der Waals surface area (Å²) in [5, 5.41) is 6.29. The predicted molar refractivity (Wildman–Crippen MR) is 99.4 cm³/mol. The number of anilines is 1. The van der Waals surface area contributed by atoms with E-state index in [1.807, 2.05) is 18.2 Å². The Balaban J connectivity index is 1.56. The first-order valence-corrected chi connectivity index (χ1v) is 10.5. The van der Waals surface area contributed by atoms with Crippen molar-refractivity contribution >= 4 is 37.4 Å². The number of thiazole rings is 1. The van der Waals surface area contributed by atoms with Crippen molar-refractivity contribution in [2.45, 2.75) is 23.7 Å². The summed E-state index contributed by atoms with van der Waals surface area (Å²) in [5.74, 6) is 1.14. The molecule has 0 amide bonds. The zero-order valence-electron chi connectivity index (χ0n) is 13.5. The lowest BCUT2D eigenvalue weighted by Gasteiger charge is -2.32. The molecule has 1 saturated heterocycles. The highest BCUT2D eigenvalue weighted by Crippen LogP contribution is 2.34. The number of aromatic nitrogens is 2. The standard InChI is InChI=1S/C17H18N4O2S2/c18-25(22,23)13-7-8-16(19-10-13)21-9-3-4-12(11-21)17-20-14-5-1-2-6-15(14)24-17/h1-2,5-8,10,12H,3-4,9,11H2,(H2,18,22,23)/t12-/m1/s1. The van der Waals surface area contributed by atoms with Crippen molar-refractivity contribution in [3.8, 4) is 0 Å². The van der Waals surface area contributed by atoms with Crippen molar-refractivity contribution < 1.29 is 8.42 Å². The minimum atomic E-state index is -3.71. The molecule has 25 heavy (non-hydrogen) atoms. The van der Waals surface area contributed by atoms with Crippen LogP contribution >= 0.6 is 11.3 Å². The summed E-state index contributed by atoms with van der Waals surface area (Å²) in [6.45, 7) is 1.74. The molecule has 1 aliphatic heterocycles. The van der Waals surface area contributed by atoms with Crippen LogP contribution in [0.15, 0.2) is 47.5 Å². The van der Waals surface area contributed by atoms with Crippen LogP contribution in [-0.4, -0.2) is 31.5 Å². The summed E-state index contributed by atoms with van der Waals surface area (Å²) >= 11 is 1.75. The van der Waals surface area contributed by atoms with Gasteiger partial charge in [0, 0.05) is 25.2 Å². The summed E-state index contributed by atoms with van der Waals surface area (Å²) < 4.78 is 23.9. The molecule has 130 valence electrons. The minimum Gasteiger partial charge on any atom is -0.356 e. The maximum absolute atomic E-state index is 11.4. The number of hydrogen-bond donors (Lipinski definition) is 1. The summed E-state index contributed by atoms with van der Waals surface area (Å²) in [5.41, 5.74) is 1.05. The third-order valence-corrected chi connectivity index (χ3v) is 6.55. The Morgan fingerprint density at radius 3 is 2.76 bits per heavy atom. The Morgan fingerprint density at radius 1 is 1.20 bits per heavy atom. The van der Waals surface area contributed by atoms with E-state index >= 15 is 0 Å². The molecule has 0 spiro atoms. The lowest BCUT2D eigenvalue weighted by atomic mass is 9.99. The molecule has 1 aromatic carbocycles. The van der Waals surface area contributed by atoms with Gasteiger partial charge in [0.25, 0.3) is 0 Å². The van der Waals surface area contributed by atoms with Crippen LogP contribution in [0.2, 0.25) is 0 Å². The monoisotopic (exact) mass is 374 g/mol. The molecular weight excluding hydrogens is 356 g/mol. The van der Waals surface area contributed by atoms with E-state index in [2.05, 4.69) is 16.0 Å². The van der Waals surface area contributed by atoms with Crippen LogP contribution in [-0.2, 0) is 10.0 Å². The second kappa shape index (κ2) is 6.36. The molecule has 6 nitrogen and oxygen atoms in total. The molecule has 3 heterocycles. The topological polar surface area (TPSA) is 89.2 Å². The van der Waals surface area contributed by atoms with Gasteiger partial charge in [-0.15, -0.1) is 11.3 Å². The van der Waals surface area contributed by atoms with Gasteiger partial charge in [-0.2, -0.15) is 0 Å². The number of rotatable bonds is 3. The number of para-hydroxylation sites is 1. The second-order valence-corrected chi connectivity index (χ2v) is 8.83. The lowest BCUT2D eigenvalue weighted by Crippen LogP contribution is -2.34. The van der Waals surface area contributed by atoms with E-state index in [-0.39, 0.29) is 4.90 Å². The van der Waals surface area contributed by atoms with Crippen molar-refractivity contribution in [1.82, 2.24) is 9.97 Å². The number of nitrogens with two attached hydrogens (primary N) is 1. The molecule has 0 saturated carbocycles. The van der Waals surface area contributed by atoms with E-state index in [0.29, 0.717) is 5.92 Å². The fraction of sp³-hybridized carbons (Fsp3) is 0.294. The molecule has 0 radical (unpaired) electrons. The van der Waals surface area contributed by atoms with E-state index in [4.69, 9.17) is 10.1 Å². The zero-order chi connectivity index (χ0) is 17.4. The molecule has 8 heteroatoms. The van der Waals surface area contributed by atoms with Gasteiger partial charge in [-0.05, 0) is 37.1 Å². The Kier molecular flexibility index (Phi) is 4.18. The van der Waals surface area contributed by atoms with Crippen molar-refractivity contribution in [2.75, 3.05) is 18.0 Å². The number of fused-ring (bicyclic) bond motifs is 1. The Hall–Kier alpha value is -2.03. The first-order valence-electron chi connectivity index (χ1n) is 8.10. The second-order valence-electron chi connectivity index (χ2n) is 6.20.